The zero-order valence-corrected chi connectivity index (χ0v) is 10.8. The molecule has 1 aliphatic rings. The second kappa shape index (κ2) is 6.39. The Kier molecular flexibility index (Phi) is 4.82. The molecule has 19 heavy (non-hydrogen) atoms. The summed E-state index contributed by atoms with van der Waals surface area (Å²) in [7, 11) is 0. The fraction of sp³-hybridized carbons (Fsp3) is 0.571. The van der Waals surface area contributed by atoms with Crippen LogP contribution in [0.15, 0.2) is 24.3 Å². The van der Waals surface area contributed by atoms with Crippen molar-refractivity contribution in [2.75, 3.05) is 13.1 Å². The molecule has 0 amide bonds. The SMILES string of the molecule is FC(F)(F)c1ccccc1CNC1CCCNCC1. The molecule has 106 valence electrons. The Morgan fingerprint density at radius 1 is 1.16 bits per heavy atom. The average Bonchev–Trinajstić information content (AvgIpc) is 2.64. The van der Waals surface area contributed by atoms with Gasteiger partial charge in [-0.2, -0.15) is 13.2 Å². The van der Waals surface area contributed by atoms with Gasteiger partial charge in [-0.05, 0) is 44.0 Å². The highest BCUT2D eigenvalue weighted by molar-refractivity contribution is 5.29. The Bertz CT molecular complexity index is 396. The topological polar surface area (TPSA) is 24.1 Å². The molecule has 0 bridgehead atoms. The first-order valence-corrected chi connectivity index (χ1v) is 6.66. The summed E-state index contributed by atoms with van der Waals surface area (Å²) in [6.07, 6.45) is -1.22. The number of rotatable bonds is 3. The quantitative estimate of drug-likeness (QED) is 0.884. The molecule has 1 saturated heterocycles. The molecule has 5 heteroatoms. The molecule has 0 aliphatic carbocycles. The van der Waals surface area contributed by atoms with Crippen molar-refractivity contribution >= 4 is 0 Å². The molecule has 1 unspecified atom stereocenters. The minimum absolute atomic E-state index is 0.278. The molecular formula is C14H19F3N2. The van der Waals surface area contributed by atoms with Crippen LogP contribution >= 0.6 is 0 Å². The minimum Gasteiger partial charge on any atom is -0.317 e. The number of halogens is 3. The van der Waals surface area contributed by atoms with Crippen LogP contribution in [-0.2, 0) is 12.7 Å². The Labute approximate surface area is 111 Å². The number of alkyl halides is 3. The van der Waals surface area contributed by atoms with Crippen LogP contribution in [0.4, 0.5) is 13.2 Å². The molecule has 1 heterocycles. The maximum Gasteiger partial charge on any atom is 0.416 e. The second-order valence-corrected chi connectivity index (χ2v) is 4.91. The van der Waals surface area contributed by atoms with Gasteiger partial charge < -0.3 is 10.6 Å². The summed E-state index contributed by atoms with van der Waals surface area (Å²) in [5.41, 5.74) is -0.207. The Morgan fingerprint density at radius 2 is 1.95 bits per heavy atom. The van der Waals surface area contributed by atoms with Gasteiger partial charge in [0.05, 0.1) is 5.56 Å². The van der Waals surface area contributed by atoms with Gasteiger partial charge in [0.15, 0.2) is 0 Å². The van der Waals surface area contributed by atoms with Gasteiger partial charge in [-0.3, -0.25) is 0 Å². The van der Waals surface area contributed by atoms with E-state index in [1.807, 2.05) is 0 Å². The van der Waals surface area contributed by atoms with E-state index in [2.05, 4.69) is 10.6 Å². The smallest absolute Gasteiger partial charge is 0.317 e. The van der Waals surface area contributed by atoms with Gasteiger partial charge in [-0.25, -0.2) is 0 Å². The zero-order valence-electron chi connectivity index (χ0n) is 10.8. The fourth-order valence-corrected chi connectivity index (χ4v) is 2.43. The van der Waals surface area contributed by atoms with E-state index >= 15 is 0 Å². The zero-order chi connectivity index (χ0) is 13.7. The van der Waals surface area contributed by atoms with Crippen molar-refractivity contribution in [1.29, 1.82) is 0 Å². The van der Waals surface area contributed by atoms with E-state index in [-0.39, 0.29) is 6.54 Å². The van der Waals surface area contributed by atoms with E-state index in [0.29, 0.717) is 11.6 Å². The molecule has 1 aromatic carbocycles. The first-order chi connectivity index (χ1) is 9.07. The van der Waals surface area contributed by atoms with Gasteiger partial charge in [-0.1, -0.05) is 18.2 Å². The first-order valence-electron chi connectivity index (χ1n) is 6.66. The summed E-state index contributed by atoms with van der Waals surface area (Å²) < 4.78 is 38.5. The van der Waals surface area contributed by atoms with E-state index in [0.717, 1.165) is 38.4 Å². The van der Waals surface area contributed by atoms with Crippen LogP contribution in [0.5, 0.6) is 0 Å². The summed E-state index contributed by atoms with van der Waals surface area (Å²) in [6.45, 7) is 2.20. The van der Waals surface area contributed by atoms with Gasteiger partial charge in [0.25, 0.3) is 0 Å². The average molecular weight is 272 g/mol. The largest absolute Gasteiger partial charge is 0.416 e. The molecule has 2 nitrogen and oxygen atoms in total. The van der Waals surface area contributed by atoms with E-state index < -0.39 is 11.7 Å². The van der Waals surface area contributed by atoms with Crippen molar-refractivity contribution < 1.29 is 13.2 Å². The van der Waals surface area contributed by atoms with Crippen molar-refractivity contribution in [3.63, 3.8) is 0 Å². The number of hydrogen-bond acceptors (Lipinski definition) is 2. The molecule has 1 atom stereocenters. The van der Waals surface area contributed by atoms with Gasteiger partial charge in [0.2, 0.25) is 0 Å². The molecule has 1 aromatic rings. The van der Waals surface area contributed by atoms with Crippen LogP contribution in [-0.4, -0.2) is 19.1 Å². The lowest BCUT2D eigenvalue weighted by molar-refractivity contribution is -0.138. The van der Waals surface area contributed by atoms with Crippen molar-refractivity contribution in [1.82, 2.24) is 10.6 Å². The Balaban J connectivity index is 1.99. The van der Waals surface area contributed by atoms with E-state index in [1.165, 1.54) is 6.07 Å². The summed E-state index contributed by atoms with van der Waals surface area (Å²) in [4.78, 5) is 0. The van der Waals surface area contributed by atoms with Crippen molar-refractivity contribution in [2.45, 2.75) is 38.0 Å². The molecule has 1 aliphatic heterocycles. The third kappa shape index (κ3) is 4.21. The number of nitrogens with one attached hydrogen (secondary N) is 2. The van der Waals surface area contributed by atoms with Crippen LogP contribution in [0.25, 0.3) is 0 Å². The van der Waals surface area contributed by atoms with Gasteiger partial charge >= 0.3 is 6.18 Å². The van der Waals surface area contributed by atoms with Gasteiger partial charge in [-0.15, -0.1) is 0 Å². The maximum atomic E-state index is 12.8. The predicted molar refractivity (Wildman–Crippen MR) is 68.8 cm³/mol. The van der Waals surface area contributed by atoms with E-state index in [1.54, 1.807) is 12.1 Å². The lowest BCUT2D eigenvalue weighted by Crippen LogP contribution is -2.30. The van der Waals surface area contributed by atoms with E-state index in [4.69, 9.17) is 0 Å². The standard InChI is InChI=1S/C14H19F3N2/c15-14(16,17)13-6-2-1-4-11(13)10-19-12-5-3-8-18-9-7-12/h1-2,4,6,12,18-19H,3,5,7-10H2. The van der Waals surface area contributed by atoms with Crippen LogP contribution in [0.3, 0.4) is 0 Å². The van der Waals surface area contributed by atoms with Crippen molar-refractivity contribution in [3.05, 3.63) is 35.4 Å². The molecule has 0 radical (unpaired) electrons. The van der Waals surface area contributed by atoms with Gasteiger partial charge in [0, 0.05) is 12.6 Å². The highest BCUT2D eigenvalue weighted by Crippen LogP contribution is 2.31. The Hall–Kier alpha value is -1.07. The molecule has 0 aromatic heterocycles. The second-order valence-electron chi connectivity index (χ2n) is 4.91. The molecule has 0 saturated carbocycles. The minimum atomic E-state index is -4.27. The third-order valence-electron chi connectivity index (χ3n) is 3.48. The number of hydrogen-bond donors (Lipinski definition) is 2. The summed E-state index contributed by atoms with van der Waals surface area (Å²) >= 11 is 0. The highest BCUT2D eigenvalue weighted by Gasteiger charge is 2.32. The van der Waals surface area contributed by atoms with Crippen LogP contribution in [0.1, 0.15) is 30.4 Å². The third-order valence-corrected chi connectivity index (χ3v) is 3.48. The fourth-order valence-electron chi connectivity index (χ4n) is 2.43. The highest BCUT2D eigenvalue weighted by atomic mass is 19.4. The Morgan fingerprint density at radius 3 is 2.74 bits per heavy atom. The van der Waals surface area contributed by atoms with Crippen LogP contribution in [0, 0.1) is 0 Å². The molecule has 1 fully saturated rings. The van der Waals surface area contributed by atoms with Crippen LogP contribution in [0.2, 0.25) is 0 Å². The number of benzene rings is 1. The molecule has 0 spiro atoms. The summed E-state index contributed by atoms with van der Waals surface area (Å²) in [5.74, 6) is 0. The molecule has 2 rings (SSSR count). The molecular weight excluding hydrogens is 253 g/mol. The molecule has 2 N–H and O–H groups in total. The first kappa shape index (κ1) is 14.3. The van der Waals surface area contributed by atoms with Crippen molar-refractivity contribution in [3.8, 4) is 0 Å². The van der Waals surface area contributed by atoms with Gasteiger partial charge in [0.1, 0.15) is 0 Å². The monoisotopic (exact) mass is 272 g/mol. The van der Waals surface area contributed by atoms with Crippen LogP contribution < -0.4 is 10.6 Å². The predicted octanol–water partition coefficient (Wildman–Crippen LogP) is 2.94. The summed E-state index contributed by atoms with van der Waals surface area (Å²) in [5, 5.41) is 6.54. The van der Waals surface area contributed by atoms with E-state index in [9.17, 15) is 13.2 Å². The lowest BCUT2D eigenvalue weighted by Gasteiger charge is -2.18. The summed E-state index contributed by atoms with van der Waals surface area (Å²) in [6, 6.07) is 6.08. The lowest BCUT2D eigenvalue weighted by atomic mass is 10.1. The normalized spacial score (nSPS) is 21.1. The maximum absolute atomic E-state index is 12.8. The van der Waals surface area contributed by atoms with Crippen molar-refractivity contribution in [2.24, 2.45) is 0 Å².